The van der Waals surface area contributed by atoms with Gasteiger partial charge >= 0.3 is 0 Å². The zero-order valence-electron chi connectivity index (χ0n) is 14.4. The minimum Gasteiger partial charge on any atom is -0.490 e. The molecule has 2 heteroatoms. The number of ether oxygens (including phenoxy) is 1. The Balaban J connectivity index is 3.07. The zero-order valence-corrected chi connectivity index (χ0v) is 14.4. The molecule has 0 bridgehead atoms. The molecule has 0 fully saturated rings. The summed E-state index contributed by atoms with van der Waals surface area (Å²) >= 11 is 0. The van der Waals surface area contributed by atoms with E-state index in [0.29, 0.717) is 5.76 Å². The van der Waals surface area contributed by atoms with E-state index >= 15 is 0 Å². The lowest BCUT2D eigenvalue weighted by molar-refractivity contribution is 0.277. The molecule has 0 aliphatic heterocycles. The molecule has 0 spiro atoms. The molecule has 0 amide bonds. The van der Waals surface area contributed by atoms with Crippen molar-refractivity contribution in [1.82, 2.24) is 0 Å². The summed E-state index contributed by atoms with van der Waals surface area (Å²) in [7, 11) is 1.55. The van der Waals surface area contributed by atoms with Crippen molar-refractivity contribution in [3.63, 3.8) is 0 Å². The van der Waals surface area contributed by atoms with Crippen LogP contribution in [0.2, 0.25) is 0 Å². The van der Waals surface area contributed by atoms with Crippen molar-refractivity contribution in [2.24, 2.45) is 0 Å². The highest BCUT2D eigenvalue weighted by atomic mass is 16.5. The molecule has 21 heavy (non-hydrogen) atoms. The minimum absolute atomic E-state index is 0.467. The van der Waals surface area contributed by atoms with Crippen LogP contribution in [0.4, 0.5) is 0 Å². The molecule has 124 valence electrons. The number of methoxy groups -OCH3 is 1. The van der Waals surface area contributed by atoms with Gasteiger partial charge in [0.15, 0.2) is 11.7 Å². The summed E-state index contributed by atoms with van der Waals surface area (Å²) < 4.78 is 4.91. The standard InChI is InChI=1S/C19H36O2/c1-3-4-5-6-7-8-9-10-11-12-13-14-15-16-17-19(18-20)21-2/h3-17H2,1-2H3. The van der Waals surface area contributed by atoms with Gasteiger partial charge in [0.05, 0.1) is 7.11 Å². The van der Waals surface area contributed by atoms with Crippen LogP contribution in [0.1, 0.15) is 103 Å². The van der Waals surface area contributed by atoms with E-state index in [0.717, 1.165) is 12.8 Å². The third kappa shape index (κ3) is 15.5. The highest BCUT2D eigenvalue weighted by Crippen LogP contribution is 2.14. The molecule has 0 aromatic carbocycles. The van der Waals surface area contributed by atoms with Gasteiger partial charge in [0.1, 0.15) is 0 Å². The molecule has 0 atom stereocenters. The zero-order chi connectivity index (χ0) is 15.6. The molecule has 0 radical (unpaired) electrons. The molecular formula is C19H36O2. The molecule has 0 aromatic heterocycles. The first-order valence-electron chi connectivity index (χ1n) is 9.13. The Morgan fingerprint density at radius 3 is 1.43 bits per heavy atom. The van der Waals surface area contributed by atoms with Crippen LogP contribution < -0.4 is 0 Å². The summed E-state index contributed by atoms with van der Waals surface area (Å²) in [5.41, 5.74) is 0. The fourth-order valence-corrected chi connectivity index (χ4v) is 2.67. The van der Waals surface area contributed by atoms with Crippen LogP contribution in [0.15, 0.2) is 5.76 Å². The average molecular weight is 296 g/mol. The SMILES string of the molecule is CCCCCCCCCCCCCCCCC(=C=O)OC. The molecular weight excluding hydrogens is 260 g/mol. The second kappa shape index (κ2) is 17.3. The van der Waals surface area contributed by atoms with Crippen molar-refractivity contribution in [3.05, 3.63) is 5.76 Å². The lowest BCUT2D eigenvalue weighted by Crippen LogP contribution is -1.88. The summed E-state index contributed by atoms with van der Waals surface area (Å²) in [4.78, 5) is 10.4. The number of carbonyl (C=O) groups excluding carboxylic acids is 1. The Kier molecular flexibility index (Phi) is 16.7. The highest BCUT2D eigenvalue weighted by Gasteiger charge is 1.97. The third-order valence-corrected chi connectivity index (χ3v) is 4.12. The Morgan fingerprint density at radius 2 is 1.10 bits per heavy atom. The van der Waals surface area contributed by atoms with Crippen molar-refractivity contribution in [2.45, 2.75) is 103 Å². The predicted molar refractivity (Wildman–Crippen MR) is 91.1 cm³/mol. The molecule has 0 saturated carbocycles. The van der Waals surface area contributed by atoms with Crippen molar-refractivity contribution in [1.29, 1.82) is 0 Å². The number of rotatable bonds is 16. The second-order valence-electron chi connectivity index (χ2n) is 6.08. The fourth-order valence-electron chi connectivity index (χ4n) is 2.67. The maximum atomic E-state index is 10.4. The summed E-state index contributed by atoms with van der Waals surface area (Å²) in [6.45, 7) is 2.27. The van der Waals surface area contributed by atoms with Gasteiger partial charge in [0.2, 0.25) is 0 Å². The van der Waals surface area contributed by atoms with Crippen LogP contribution in [0, 0.1) is 0 Å². The number of unbranched alkanes of at least 4 members (excludes halogenated alkanes) is 13. The molecule has 0 aromatic rings. The Labute approximate surface area is 132 Å². The van der Waals surface area contributed by atoms with Gasteiger partial charge in [-0.3, -0.25) is 0 Å². The van der Waals surface area contributed by atoms with E-state index in [9.17, 15) is 4.79 Å². The highest BCUT2D eigenvalue weighted by molar-refractivity contribution is 5.49. The quantitative estimate of drug-likeness (QED) is 0.192. The number of hydrogen-bond donors (Lipinski definition) is 0. The molecule has 0 saturated heterocycles. The molecule has 2 nitrogen and oxygen atoms in total. The topological polar surface area (TPSA) is 26.3 Å². The molecule has 0 unspecified atom stereocenters. The lowest BCUT2D eigenvalue weighted by atomic mass is 10.0. The smallest absolute Gasteiger partial charge is 0.179 e. The molecule has 0 heterocycles. The Hall–Kier alpha value is -0.750. The van der Waals surface area contributed by atoms with E-state index in [2.05, 4.69) is 6.92 Å². The molecule has 0 rings (SSSR count). The van der Waals surface area contributed by atoms with Crippen molar-refractivity contribution in [3.8, 4) is 0 Å². The predicted octanol–water partition coefficient (Wildman–Crippen LogP) is 6.22. The van der Waals surface area contributed by atoms with Crippen LogP contribution in [-0.4, -0.2) is 13.1 Å². The Bertz CT molecular complexity index is 254. The van der Waals surface area contributed by atoms with E-state index in [-0.39, 0.29) is 0 Å². The van der Waals surface area contributed by atoms with Crippen molar-refractivity contribution >= 4 is 5.94 Å². The van der Waals surface area contributed by atoms with Gasteiger partial charge in [-0.1, -0.05) is 90.4 Å². The summed E-state index contributed by atoms with van der Waals surface area (Å²) in [5, 5.41) is 0. The van der Waals surface area contributed by atoms with E-state index < -0.39 is 0 Å². The first-order chi connectivity index (χ1) is 10.3. The normalized spacial score (nSPS) is 10.4. The second-order valence-corrected chi connectivity index (χ2v) is 6.08. The van der Waals surface area contributed by atoms with E-state index in [1.807, 2.05) is 5.94 Å². The average Bonchev–Trinajstić information content (AvgIpc) is 2.51. The van der Waals surface area contributed by atoms with Gasteiger partial charge in [-0.15, -0.1) is 0 Å². The van der Waals surface area contributed by atoms with Crippen molar-refractivity contribution < 1.29 is 9.53 Å². The van der Waals surface area contributed by atoms with Crippen LogP contribution in [-0.2, 0) is 9.53 Å². The van der Waals surface area contributed by atoms with Crippen LogP contribution >= 0.6 is 0 Å². The van der Waals surface area contributed by atoms with E-state index in [1.54, 1.807) is 7.11 Å². The summed E-state index contributed by atoms with van der Waals surface area (Å²) in [6.07, 6.45) is 19.7. The first-order valence-corrected chi connectivity index (χ1v) is 9.13. The molecule has 0 aliphatic carbocycles. The van der Waals surface area contributed by atoms with E-state index in [4.69, 9.17) is 4.74 Å². The molecule has 0 aliphatic rings. The van der Waals surface area contributed by atoms with Crippen molar-refractivity contribution in [2.75, 3.05) is 7.11 Å². The fraction of sp³-hybridized carbons (Fsp3) is 0.895. The van der Waals surface area contributed by atoms with Gasteiger partial charge in [-0.05, 0) is 6.42 Å². The maximum Gasteiger partial charge on any atom is 0.179 e. The van der Waals surface area contributed by atoms with E-state index in [1.165, 1.54) is 83.5 Å². The van der Waals surface area contributed by atoms with Gasteiger partial charge in [0.25, 0.3) is 0 Å². The van der Waals surface area contributed by atoms with Gasteiger partial charge < -0.3 is 4.74 Å². The van der Waals surface area contributed by atoms with Crippen LogP contribution in [0.3, 0.4) is 0 Å². The number of hydrogen-bond acceptors (Lipinski definition) is 2. The monoisotopic (exact) mass is 296 g/mol. The summed E-state index contributed by atoms with van der Waals surface area (Å²) in [6, 6.07) is 0. The largest absolute Gasteiger partial charge is 0.490 e. The third-order valence-electron chi connectivity index (χ3n) is 4.12. The van der Waals surface area contributed by atoms with Gasteiger partial charge in [-0.25, -0.2) is 4.79 Å². The number of allylic oxidation sites excluding steroid dienone is 1. The van der Waals surface area contributed by atoms with Crippen LogP contribution in [0.5, 0.6) is 0 Å². The lowest BCUT2D eigenvalue weighted by Gasteiger charge is -2.03. The maximum absolute atomic E-state index is 10.4. The Morgan fingerprint density at radius 1 is 0.714 bits per heavy atom. The minimum atomic E-state index is 0.467. The first kappa shape index (κ1) is 20.2. The van der Waals surface area contributed by atoms with Crippen LogP contribution in [0.25, 0.3) is 0 Å². The molecule has 0 N–H and O–H groups in total. The van der Waals surface area contributed by atoms with Gasteiger partial charge in [-0.2, -0.15) is 0 Å². The summed E-state index contributed by atoms with van der Waals surface area (Å²) in [5.74, 6) is 2.31. The van der Waals surface area contributed by atoms with Gasteiger partial charge in [0, 0.05) is 6.42 Å².